The Morgan fingerprint density at radius 2 is 1.72 bits per heavy atom. The Balaban J connectivity index is 1.52. The standard InChI is InChI=1S/C21H30N2O5S/c1-15-6-5-7-19(16(15)2)22-20(24)14-28-21(25)17-8-10-18(11-9-17)29(26,27)23-12-3-4-13-23/h8-11,15-16,19H,3-7,12-14H2,1-2H3,(H,22,24)/t15-,16-,19-/m1/s1. The van der Waals surface area contributed by atoms with Crippen LogP contribution >= 0.6 is 0 Å². The SMILES string of the molecule is C[C@@H]1[C@H](C)CCC[C@H]1NC(=O)COC(=O)c1ccc(S(=O)(=O)N2CCCC2)cc1. The molecule has 1 aliphatic carbocycles. The van der Waals surface area contributed by atoms with E-state index in [0.717, 1.165) is 25.7 Å². The molecule has 1 aromatic rings. The lowest BCUT2D eigenvalue weighted by molar-refractivity contribution is -0.125. The maximum absolute atomic E-state index is 12.5. The van der Waals surface area contributed by atoms with Crippen LogP contribution in [0.4, 0.5) is 0 Å². The van der Waals surface area contributed by atoms with E-state index in [4.69, 9.17) is 4.74 Å². The highest BCUT2D eigenvalue weighted by atomic mass is 32.2. The van der Waals surface area contributed by atoms with E-state index in [2.05, 4.69) is 19.2 Å². The van der Waals surface area contributed by atoms with Gasteiger partial charge in [-0.05, 0) is 55.4 Å². The Hall–Kier alpha value is -1.93. The van der Waals surface area contributed by atoms with E-state index in [1.807, 2.05) is 0 Å². The summed E-state index contributed by atoms with van der Waals surface area (Å²) in [6.45, 7) is 5.04. The van der Waals surface area contributed by atoms with Gasteiger partial charge >= 0.3 is 5.97 Å². The number of rotatable bonds is 6. The van der Waals surface area contributed by atoms with Crippen LogP contribution in [0.2, 0.25) is 0 Å². The van der Waals surface area contributed by atoms with Crippen LogP contribution in [-0.2, 0) is 19.6 Å². The van der Waals surface area contributed by atoms with Crippen molar-refractivity contribution in [2.75, 3.05) is 19.7 Å². The van der Waals surface area contributed by atoms with Gasteiger partial charge in [0.05, 0.1) is 10.5 Å². The lowest BCUT2D eigenvalue weighted by Crippen LogP contribution is -2.45. The third-order valence-corrected chi connectivity index (χ3v) is 8.09. The van der Waals surface area contributed by atoms with Gasteiger partial charge in [0.2, 0.25) is 10.0 Å². The molecule has 1 N–H and O–H groups in total. The van der Waals surface area contributed by atoms with Crippen molar-refractivity contribution in [1.82, 2.24) is 9.62 Å². The lowest BCUT2D eigenvalue weighted by Gasteiger charge is -2.34. The van der Waals surface area contributed by atoms with Gasteiger partial charge in [0.25, 0.3) is 5.91 Å². The van der Waals surface area contributed by atoms with Crippen LogP contribution in [0.15, 0.2) is 29.2 Å². The average Bonchev–Trinajstić information content (AvgIpc) is 3.25. The van der Waals surface area contributed by atoms with E-state index in [1.54, 1.807) is 0 Å². The van der Waals surface area contributed by atoms with Crippen molar-refractivity contribution in [2.45, 2.75) is 56.9 Å². The zero-order valence-electron chi connectivity index (χ0n) is 17.1. The van der Waals surface area contributed by atoms with Crippen molar-refractivity contribution in [1.29, 1.82) is 0 Å². The quantitative estimate of drug-likeness (QED) is 0.711. The summed E-state index contributed by atoms with van der Waals surface area (Å²) in [4.78, 5) is 24.5. The first-order chi connectivity index (χ1) is 13.8. The van der Waals surface area contributed by atoms with Gasteiger partial charge in [0, 0.05) is 19.1 Å². The molecule has 1 aliphatic heterocycles. The van der Waals surface area contributed by atoms with Crippen molar-refractivity contribution < 1.29 is 22.7 Å². The van der Waals surface area contributed by atoms with Crippen LogP contribution in [0.5, 0.6) is 0 Å². The Labute approximate surface area is 172 Å². The molecule has 3 rings (SSSR count). The molecule has 1 aromatic carbocycles. The minimum absolute atomic E-state index is 0.111. The zero-order chi connectivity index (χ0) is 21.0. The van der Waals surface area contributed by atoms with E-state index in [9.17, 15) is 18.0 Å². The summed E-state index contributed by atoms with van der Waals surface area (Å²) in [5.41, 5.74) is 0.220. The highest BCUT2D eigenvalue weighted by Crippen LogP contribution is 2.29. The average molecular weight is 423 g/mol. The molecule has 1 saturated carbocycles. The molecule has 8 heteroatoms. The molecule has 160 valence electrons. The molecule has 0 bridgehead atoms. The van der Waals surface area contributed by atoms with Crippen LogP contribution in [0.3, 0.4) is 0 Å². The maximum Gasteiger partial charge on any atom is 0.338 e. The summed E-state index contributed by atoms with van der Waals surface area (Å²) in [6.07, 6.45) is 4.93. The third kappa shape index (κ3) is 5.17. The second-order valence-corrected chi connectivity index (χ2v) is 10.1. The highest BCUT2D eigenvalue weighted by Gasteiger charge is 2.29. The summed E-state index contributed by atoms with van der Waals surface area (Å²) in [5.74, 6) is 0.00770. The molecule has 2 aliphatic rings. The van der Waals surface area contributed by atoms with E-state index in [-0.39, 0.29) is 29.0 Å². The fourth-order valence-electron chi connectivity index (χ4n) is 4.09. The number of sulfonamides is 1. The Bertz CT molecular complexity index is 831. The van der Waals surface area contributed by atoms with Gasteiger partial charge in [-0.3, -0.25) is 4.79 Å². The van der Waals surface area contributed by atoms with Gasteiger partial charge in [0.15, 0.2) is 6.61 Å². The zero-order valence-corrected chi connectivity index (χ0v) is 17.9. The molecule has 0 unspecified atom stereocenters. The largest absolute Gasteiger partial charge is 0.452 e. The number of benzene rings is 1. The Morgan fingerprint density at radius 1 is 1.07 bits per heavy atom. The number of amides is 1. The van der Waals surface area contributed by atoms with Crippen molar-refractivity contribution in [3.05, 3.63) is 29.8 Å². The molecule has 0 spiro atoms. The second-order valence-electron chi connectivity index (χ2n) is 8.15. The van der Waals surface area contributed by atoms with Crippen LogP contribution in [0.25, 0.3) is 0 Å². The van der Waals surface area contributed by atoms with Crippen molar-refractivity contribution in [3.63, 3.8) is 0 Å². The van der Waals surface area contributed by atoms with E-state index in [0.29, 0.717) is 24.9 Å². The molecule has 0 radical (unpaired) electrons. The predicted octanol–water partition coefficient (Wildman–Crippen LogP) is 2.57. The normalized spacial score (nSPS) is 25.5. The molecule has 1 saturated heterocycles. The summed E-state index contributed by atoms with van der Waals surface area (Å²) < 4.78 is 31.6. The van der Waals surface area contributed by atoms with Gasteiger partial charge in [-0.25, -0.2) is 13.2 Å². The minimum atomic E-state index is -3.52. The summed E-state index contributed by atoms with van der Waals surface area (Å²) in [5, 5.41) is 2.97. The molecule has 0 aromatic heterocycles. The van der Waals surface area contributed by atoms with E-state index < -0.39 is 16.0 Å². The number of hydrogen-bond acceptors (Lipinski definition) is 5. The molecule has 1 amide bonds. The van der Waals surface area contributed by atoms with E-state index >= 15 is 0 Å². The summed E-state index contributed by atoms with van der Waals surface area (Å²) in [6, 6.07) is 5.78. The van der Waals surface area contributed by atoms with Crippen LogP contribution in [0, 0.1) is 11.8 Å². The fraction of sp³-hybridized carbons (Fsp3) is 0.619. The molecule has 7 nitrogen and oxygen atoms in total. The first-order valence-electron chi connectivity index (χ1n) is 10.4. The van der Waals surface area contributed by atoms with Gasteiger partial charge in [-0.2, -0.15) is 4.31 Å². The smallest absolute Gasteiger partial charge is 0.338 e. The summed E-state index contributed by atoms with van der Waals surface area (Å²) in [7, 11) is -3.52. The fourth-order valence-corrected chi connectivity index (χ4v) is 5.61. The molecule has 1 heterocycles. The molecule has 3 atom stereocenters. The number of carbonyl (C=O) groups excluding carboxylic acids is 2. The van der Waals surface area contributed by atoms with Crippen molar-refractivity contribution >= 4 is 21.9 Å². The van der Waals surface area contributed by atoms with Gasteiger partial charge in [0.1, 0.15) is 0 Å². The monoisotopic (exact) mass is 422 g/mol. The minimum Gasteiger partial charge on any atom is -0.452 e. The summed E-state index contributed by atoms with van der Waals surface area (Å²) >= 11 is 0. The van der Waals surface area contributed by atoms with Gasteiger partial charge in [-0.15, -0.1) is 0 Å². The molecular weight excluding hydrogens is 392 g/mol. The molecule has 2 fully saturated rings. The first-order valence-corrected chi connectivity index (χ1v) is 11.8. The second kappa shape index (κ2) is 9.26. The number of esters is 1. The van der Waals surface area contributed by atoms with E-state index in [1.165, 1.54) is 35.0 Å². The Kier molecular flexibility index (Phi) is 6.95. The number of ether oxygens (including phenoxy) is 1. The number of nitrogens with zero attached hydrogens (tertiary/aromatic N) is 1. The Morgan fingerprint density at radius 3 is 2.38 bits per heavy atom. The first kappa shape index (κ1) is 21.8. The highest BCUT2D eigenvalue weighted by molar-refractivity contribution is 7.89. The van der Waals surface area contributed by atoms with Gasteiger partial charge in [-0.1, -0.05) is 26.7 Å². The lowest BCUT2D eigenvalue weighted by atomic mass is 9.78. The molecule has 29 heavy (non-hydrogen) atoms. The van der Waals surface area contributed by atoms with Crippen LogP contribution in [0.1, 0.15) is 56.3 Å². The van der Waals surface area contributed by atoms with Crippen molar-refractivity contribution in [2.24, 2.45) is 11.8 Å². The van der Waals surface area contributed by atoms with Crippen LogP contribution in [-0.4, -0.2) is 50.3 Å². The number of carbonyl (C=O) groups is 2. The van der Waals surface area contributed by atoms with Crippen LogP contribution < -0.4 is 5.32 Å². The van der Waals surface area contributed by atoms with Crippen molar-refractivity contribution in [3.8, 4) is 0 Å². The third-order valence-electron chi connectivity index (χ3n) is 6.18. The molecular formula is C21H30N2O5S. The number of hydrogen-bond donors (Lipinski definition) is 1. The predicted molar refractivity (Wildman–Crippen MR) is 109 cm³/mol. The number of nitrogens with one attached hydrogen (secondary N) is 1. The maximum atomic E-state index is 12.5. The topological polar surface area (TPSA) is 92.8 Å². The van der Waals surface area contributed by atoms with Gasteiger partial charge < -0.3 is 10.1 Å².